The van der Waals surface area contributed by atoms with Gasteiger partial charge in [0.05, 0.1) is 24.1 Å². The standard InChI is InChI=1S/C29H38FN7O3S/c1-33-17-21(16-31-33)29(39)36-10-8-35(9-11-36)18-22-19-37(20-40-12-13-41(3)14-15-41)32-28(22)24-4-6-25-23(27(24)30)5-7-26(38)34(25)2/h4,6,16-17,19H,5,7-15,18,20H2,1-3H3. The maximum Gasteiger partial charge on any atom is 0.257 e. The molecule has 0 aliphatic carbocycles. The van der Waals surface area contributed by atoms with Crippen molar-refractivity contribution in [3.05, 3.63) is 53.2 Å². The summed E-state index contributed by atoms with van der Waals surface area (Å²) in [6, 6.07) is 3.56. The Hall–Kier alpha value is -3.22. The molecule has 2 amide bonds. The van der Waals surface area contributed by atoms with Gasteiger partial charge >= 0.3 is 0 Å². The number of carbonyl (C=O) groups excluding carboxylic acids is 2. The molecule has 0 bridgehead atoms. The summed E-state index contributed by atoms with van der Waals surface area (Å²) in [6.07, 6.45) is 8.35. The van der Waals surface area contributed by atoms with Crippen LogP contribution < -0.4 is 4.90 Å². The minimum Gasteiger partial charge on any atom is -0.358 e. The van der Waals surface area contributed by atoms with E-state index in [2.05, 4.69) is 16.3 Å². The van der Waals surface area contributed by atoms with Gasteiger partial charge in [-0.05, 0) is 36.3 Å². The molecule has 2 aromatic heterocycles. The monoisotopic (exact) mass is 583 g/mol. The highest BCUT2D eigenvalue weighted by Gasteiger charge is 2.31. The molecule has 5 heterocycles. The number of anilines is 1. The van der Waals surface area contributed by atoms with Crippen molar-refractivity contribution in [3.8, 4) is 11.3 Å². The Morgan fingerprint density at radius 1 is 1.10 bits per heavy atom. The molecule has 6 rings (SSSR count). The van der Waals surface area contributed by atoms with E-state index in [0.717, 1.165) is 11.3 Å². The van der Waals surface area contributed by atoms with Crippen molar-refractivity contribution < 1.29 is 18.7 Å². The molecule has 0 unspecified atom stereocenters. The third-order valence-corrected chi connectivity index (χ3v) is 11.4. The van der Waals surface area contributed by atoms with Crippen molar-refractivity contribution in [3.63, 3.8) is 0 Å². The van der Waals surface area contributed by atoms with Crippen molar-refractivity contribution in [1.29, 1.82) is 0 Å². The summed E-state index contributed by atoms with van der Waals surface area (Å²) in [6.45, 7) is 4.23. The molecule has 0 spiro atoms. The van der Waals surface area contributed by atoms with Crippen LogP contribution in [0.5, 0.6) is 0 Å². The Morgan fingerprint density at radius 3 is 2.59 bits per heavy atom. The molecular weight excluding hydrogens is 545 g/mol. The van der Waals surface area contributed by atoms with Crippen molar-refractivity contribution in [2.24, 2.45) is 7.05 Å². The molecule has 220 valence electrons. The first kappa shape index (κ1) is 27.9. The third kappa shape index (κ3) is 5.91. The minimum atomic E-state index is -0.415. The van der Waals surface area contributed by atoms with Crippen LogP contribution in [-0.2, 0) is 36.3 Å². The summed E-state index contributed by atoms with van der Waals surface area (Å²) in [7, 11) is 3.08. The molecule has 3 aliphatic heterocycles. The van der Waals surface area contributed by atoms with E-state index in [4.69, 9.17) is 9.84 Å². The zero-order valence-corrected chi connectivity index (χ0v) is 24.8. The van der Waals surface area contributed by atoms with Crippen LogP contribution in [0.15, 0.2) is 30.7 Å². The highest BCUT2D eigenvalue weighted by Crippen LogP contribution is 2.57. The summed E-state index contributed by atoms with van der Waals surface area (Å²) in [5, 5.41) is 8.92. The lowest BCUT2D eigenvalue weighted by Gasteiger charge is -2.34. The van der Waals surface area contributed by atoms with Crippen LogP contribution in [0.2, 0.25) is 0 Å². The van der Waals surface area contributed by atoms with Crippen molar-refractivity contribution in [2.75, 3.05) is 68.2 Å². The highest BCUT2D eigenvalue weighted by atomic mass is 32.3. The zero-order valence-electron chi connectivity index (χ0n) is 24.0. The van der Waals surface area contributed by atoms with Crippen LogP contribution >= 0.6 is 10.0 Å². The number of benzene rings is 1. The fourth-order valence-electron chi connectivity index (χ4n) is 5.58. The van der Waals surface area contributed by atoms with Gasteiger partial charge in [0.2, 0.25) is 5.91 Å². The van der Waals surface area contributed by atoms with Gasteiger partial charge in [-0.15, -0.1) is 0 Å². The second-order valence-corrected chi connectivity index (χ2v) is 15.7. The number of amides is 2. The predicted molar refractivity (Wildman–Crippen MR) is 158 cm³/mol. The van der Waals surface area contributed by atoms with Gasteiger partial charge < -0.3 is 14.5 Å². The number of fused-ring (bicyclic) bond motifs is 1. The molecular formula is C29H38FN7O3S. The largest absolute Gasteiger partial charge is 0.358 e. The molecule has 0 saturated carbocycles. The van der Waals surface area contributed by atoms with E-state index in [1.807, 2.05) is 17.2 Å². The molecule has 2 fully saturated rings. The van der Waals surface area contributed by atoms with Crippen LogP contribution in [0.25, 0.3) is 11.3 Å². The number of piperazine rings is 1. The van der Waals surface area contributed by atoms with E-state index >= 15 is 4.39 Å². The number of halogens is 1. The number of aromatic nitrogens is 4. The average molecular weight is 584 g/mol. The average Bonchev–Trinajstić information content (AvgIpc) is 3.33. The third-order valence-electron chi connectivity index (χ3n) is 8.49. The lowest BCUT2D eigenvalue weighted by molar-refractivity contribution is -0.118. The molecule has 1 aromatic carbocycles. The zero-order chi connectivity index (χ0) is 28.7. The summed E-state index contributed by atoms with van der Waals surface area (Å²) in [5.74, 6) is 3.46. The first-order valence-corrected chi connectivity index (χ1v) is 16.7. The number of carbonyl (C=O) groups is 2. The van der Waals surface area contributed by atoms with E-state index in [9.17, 15) is 9.59 Å². The fraction of sp³-hybridized carbons (Fsp3) is 0.517. The summed E-state index contributed by atoms with van der Waals surface area (Å²) in [4.78, 5) is 30.7. The lowest BCUT2D eigenvalue weighted by atomic mass is 9.96. The Kier molecular flexibility index (Phi) is 7.64. The summed E-state index contributed by atoms with van der Waals surface area (Å²) in [5.41, 5.74) is 3.74. The van der Waals surface area contributed by atoms with Gasteiger partial charge in [-0.25, -0.2) is 19.1 Å². The molecule has 10 nitrogen and oxygen atoms in total. The Balaban J connectivity index is 1.20. The van der Waals surface area contributed by atoms with E-state index in [-0.39, 0.29) is 17.6 Å². The normalized spacial score (nSPS) is 19.4. The van der Waals surface area contributed by atoms with Crippen LogP contribution in [0, 0.1) is 5.82 Å². The molecule has 2 saturated heterocycles. The first-order chi connectivity index (χ1) is 19.7. The van der Waals surface area contributed by atoms with E-state index < -0.39 is 10.0 Å². The van der Waals surface area contributed by atoms with Gasteiger partial charge in [-0.1, -0.05) is 0 Å². The maximum atomic E-state index is 16.0. The number of hydrogen-bond donors (Lipinski definition) is 0. The first-order valence-electron chi connectivity index (χ1n) is 14.1. The minimum absolute atomic E-state index is 0.00481. The Morgan fingerprint density at radius 2 is 1.88 bits per heavy atom. The molecule has 3 aliphatic rings. The number of ether oxygens (including phenoxy) is 1. The van der Waals surface area contributed by atoms with Crippen LogP contribution in [-0.4, -0.2) is 105 Å². The fourth-order valence-corrected chi connectivity index (χ4v) is 7.65. The number of nitrogens with zero attached hydrogens (tertiary/aromatic N) is 7. The Labute approximate surface area is 241 Å². The van der Waals surface area contributed by atoms with Crippen LogP contribution in [0.4, 0.5) is 10.1 Å². The molecule has 0 radical (unpaired) electrons. The second-order valence-electron chi connectivity index (χ2n) is 11.5. The highest BCUT2D eigenvalue weighted by molar-refractivity contribution is 8.38. The second kappa shape index (κ2) is 11.2. The SMILES string of the molecule is CN1C(=O)CCc2c1ccc(-c1nn(COCCS3(C)CC3)cc1CN1CCN(C(=O)c3cnn(C)c3)CC1)c2F. The molecule has 3 aromatic rings. The topological polar surface area (TPSA) is 88.7 Å². The molecule has 12 heteroatoms. The van der Waals surface area contributed by atoms with Gasteiger partial charge in [0.25, 0.3) is 5.91 Å². The quantitative estimate of drug-likeness (QED) is 0.284. The number of hydrogen-bond acceptors (Lipinski definition) is 6. The van der Waals surface area contributed by atoms with Crippen LogP contribution in [0.1, 0.15) is 27.9 Å². The number of rotatable bonds is 9. The summed E-state index contributed by atoms with van der Waals surface area (Å²) >= 11 is 0. The van der Waals surface area contributed by atoms with E-state index in [1.165, 1.54) is 16.4 Å². The van der Waals surface area contributed by atoms with Gasteiger partial charge in [0, 0.05) is 93.8 Å². The van der Waals surface area contributed by atoms with E-state index in [0.29, 0.717) is 87.0 Å². The van der Waals surface area contributed by atoms with Crippen molar-refractivity contribution >= 4 is 27.5 Å². The smallest absolute Gasteiger partial charge is 0.257 e. The van der Waals surface area contributed by atoms with Gasteiger partial charge in [0.1, 0.15) is 12.5 Å². The molecule has 0 N–H and O–H groups in total. The molecule has 41 heavy (non-hydrogen) atoms. The van der Waals surface area contributed by atoms with Crippen molar-refractivity contribution in [2.45, 2.75) is 26.1 Å². The summed E-state index contributed by atoms with van der Waals surface area (Å²) < 4.78 is 25.4. The van der Waals surface area contributed by atoms with Crippen LogP contribution in [0.3, 0.4) is 0 Å². The van der Waals surface area contributed by atoms with Gasteiger partial charge in [-0.2, -0.15) is 10.2 Å². The van der Waals surface area contributed by atoms with Gasteiger partial charge in [-0.3, -0.25) is 19.2 Å². The molecule has 0 atom stereocenters. The lowest BCUT2D eigenvalue weighted by Crippen LogP contribution is -2.48. The predicted octanol–water partition coefficient (Wildman–Crippen LogP) is 2.71. The van der Waals surface area contributed by atoms with E-state index in [1.54, 1.807) is 41.9 Å². The maximum absolute atomic E-state index is 16.0. The van der Waals surface area contributed by atoms with Gasteiger partial charge in [0.15, 0.2) is 0 Å². The number of aryl methyl sites for hydroxylation is 1. The Bertz CT molecular complexity index is 1460. The van der Waals surface area contributed by atoms with Crippen molar-refractivity contribution in [1.82, 2.24) is 29.4 Å².